The van der Waals surface area contributed by atoms with Crippen LogP contribution in [-0.4, -0.2) is 41.9 Å². The van der Waals surface area contributed by atoms with Crippen molar-refractivity contribution in [2.75, 3.05) is 26.2 Å². The van der Waals surface area contributed by atoms with Crippen molar-refractivity contribution in [2.45, 2.75) is 6.54 Å². The molecule has 1 saturated heterocycles. The predicted molar refractivity (Wildman–Crippen MR) is 84.0 cm³/mol. The molecule has 0 aliphatic carbocycles. The van der Waals surface area contributed by atoms with Gasteiger partial charge in [0.05, 0.1) is 0 Å². The van der Waals surface area contributed by atoms with Gasteiger partial charge in [-0.15, -0.1) is 0 Å². The van der Waals surface area contributed by atoms with Crippen molar-refractivity contribution in [1.82, 2.24) is 9.80 Å². The average molecular weight is 316 g/mol. The number of halogens is 2. The SMILES string of the molecule is O=C(c1ccc(F)cc1)N1CCN(Cc2ccc(F)cc2)CC1. The molecule has 0 saturated carbocycles. The highest BCUT2D eigenvalue weighted by Crippen LogP contribution is 2.12. The van der Waals surface area contributed by atoms with E-state index < -0.39 is 0 Å². The minimum atomic E-state index is -0.342. The Morgan fingerprint density at radius 3 is 1.91 bits per heavy atom. The minimum absolute atomic E-state index is 0.0635. The second kappa shape index (κ2) is 6.87. The Hall–Kier alpha value is -2.27. The highest BCUT2D eigenvalue weighted by atomic mass is 19.1. The molecule has 0 N–H and O–H groups in total. The highest BCUT2D eigenvalue weighted by molar-refractivity contribution is 5.94. The maximum atomic E-state index is 12.9. The number of carbonyl (C=O) groups is 1. The van der Waals surface area contributed by atoms with Gasteiger partial charge in [0, 0.05) is 38.3 Å². The first kappa shape index (κ1) is 15.6. The molecule has 1 fully saturated rings. The molecule has 120 valence electrons. The van der Waals surface area contributed by atoms with E-state index in [1.165, 1.54) is 36.4 Å². The number of hydrogen-bond donors (Lipinski definition) is 0. The van der Waals surface area contributed by atoms with E-state index in [9.17, 15) is 13.6 Å². The molecule has 1 aliphatic rings. The molecule has 23 heavy (non-hydrogen) atoms. The zero-order valence-corrected chi connectivity index (χ0v) is 12.7. The van der Waals surface area contributed by atoms with Gasteiger partial charge in [0.15, 0.2) is 0 Å². The van der Waals surface area contributed by atoms with Crippen molar-refractivity contribution in [3.8, 4) is 0 Å². The van der Waals surface area contributed by atoms with E-state index in [0.29, 0.717) is 18.7 Å². The van der Waals surface area contributed by atoms with Crippen molar-refractivity contribution in [3.05, 3.63) is 71.3 Å². The topological polar surface area (TPSA) is 23.6 Å². The van der Waals surface area contributed by atoms with Gasteiger partial charge in [0.1, 0.15) is 11.6 Å². The summed E-state index contributed by atoms with van der Waals surface area (Å²) in [4.78, 5) is 16.4. The molecule has 3 nitrogen and oxygen atoms in total. The number of piperazine rings is 1. The van der Waals surface area contributed by atoms with Crippen molar-refractivity contribution in [2.24, 2.45) is 0 Å². The Labute approximate surface area is 134 Å². The van der Waals surface area contributed by atoms with Gasteiger partial charge in [-0.2, -0.15) is 0 Å². The number of hydrogen-bond acceptors (Lipinski definition) is 2. The van der Waals surface area contributed by atoms with Crippen LogP contribution in [0.4, 0.5) is 8.78 Å². The van der Waals surface area contributed by atoms with Crippen LogP contribution >= 0.6 is 0 Å². The lowest BCUT2D eigenvalue weighted by atomic mass is 10.1. The van der Waals surface area contributed by atoms with Crippen LogP contribution in [0.15, 0.2) is 48.5 Å². The summed E-state index contributed by atoms with van der Waals surface area (Å²) in [6.45, 7) is 3.56. The van der Waals surface area contributed by atoms with E-state index >= 15 is 0 Å². The lowest BCUT2D eigenvalue weighted by Gasteiger charge is -2.34. The molecule has 2 aromatic carbocycles. The molecule has 0 bridgehead atoms. The van der Waals surface area contributed by atoms with E-state index in [0.717, 1.165) is 25.2 Å². The summed E-state index contributed by atoms with van der Waals surface area (Å²) in [6.07, 6.45) is 0. The summed E-state index contributed by atoms with van der Waals surface area (Å²) < 4.78 is 25.8. The predicted octanol–water partition coefficient (Wildman–Crippen LogP) is 2.92. The number of nitrogens with zero attached hydrogens (tertiary/aromatic N) is 2. The van der Waals surface area contributed by atoms with Crippen molar-refractivity contribution < 1.29 is 13.6 Å². The van der Waals surface area contributed by atoms with Gasteiger partial charge in [-0.1, -0.05) is 12.1 Å². The normalized spacial score (nSPS) is 15.7. The molecule has 0 unspecified atom stereocenters. The maximum absolute atomic E-state index is 12.9. The van der Waals surface area contributed by atoms with E-state index in [1.54, 1.807) is 17.0 Å². The van der Waals surface area contributed by atoms with Gasteiger partial charge in [0.25, 0.3) is 5.91 Å². The molecule has 0 aromatic heterocycles. The number of benzene rings is 2. The third-order valence-electron chi connectivity index (χ3n) is 4.07. The summed E-state index contributed by atoms with van der Waals surface area (Å²) in [5.41, 5.74) is 1.57. The fraction of sp³-hybridized carbons (Fsp3) is 0.278. The standard InChI is InChI=1S/C18H18F2N2O/c19-16-5-1-14(2-6-16)13-21-9-11-22(12-10-21)18(23)15-3-7-17(20)8-4-15/h1-8H,9-13H2. The van der Waals surface area contributed by atoms with E-state index in [1.807, 2.05) is 0 Å². The lowest BCUT2D eigenvalue weighted by Crippen LogP contribution is -2.48. The Morgan fingerprint density at radius 1 is 0.826 bits per heavy atom. The first-order chi connectivity index (χ1) is 11.1. The van der Waals surface area contributed by atoms with Crippen LogP contribution in [0.1, 0.15) is 15.9 Å². The zero-order chi connectivity index (χ0) is 16.2. The summed E-state index contributed by atoms with van der Waals surface area (Å²) in [6, 6.07) is 12.1. The summed E-state index contributed by atoms with van der Waals surface area (Å²) in [5.74, 6) is -0.638. The van der Waals surface area contributed by atoms with Crippen LogP contribution in [0.2, 0.25) is 0 Å². The van der Waals surface area contributed by atoms with Crippen LogP contribution < -0.4 is 0 Å². The molecule has 0 atom stereocenters. The molecule has 1 aliphatic heterocycles. The van der Waals surface area contributed by atoms with Crippen LogP contribution in [-0.2, 0) is 6.54 Å². The van der Waals surface area contributed by atoms with Gasteiger partial charge in [-0.25, -0.2) is 8.78 Å². The largest absolute Gasteiger partial charge is 0.336 e. The fourth-order valence-electron chi connectivity index (χ4n) is 2.73. The van der Waals surface area contributed by atoms with E-state index in [-0.39, 0.29) is 17.5 Å². The third-order valence-corrected chi connectivity index (χ3v) is 4.07. The summed E-state index contributed by atoms with van der Waals surface area (Å²) >= 11 is 0. The molecule has 2 aromatic rings. The first-order valence-electron chi connectivity index (χ1n) is 7.63. The van der Waals surface area contributed by atoms with Crippen molar-refractivity contribution >= 4 is 5.91 Å². The minimum Gasteiger partial charge on any atom is -0.336 e. The Kier molecular flexibility index (Phi) is 4.67. The molecular weight excluding hydrogens is 298 g/mol. The third kappa shape index (κ3) is 3.93. The van der Waals surface area contributed by atoms with Crippen LogP contribution in [0.5, 0.6) is 0 Å². The molecule has 3 rings (SSSR count). The number of rotatable bonds is 3. The fourth-order valence-corrected chi connectivity index (χ4v) is 2.73. The second-order valence-corrected chi connectivity index (χ2v) is 5.70. The van der Waals surface area contributed by atoms with Gasteiger partial charge < -0.3 is 4.90 Å². The molecule has 0 spiro atoms. The summed E-state index contributed by atoms with van der Waals surface area (Å²) in [5, 5.41) is 0. The van der Waals surface area contributed by atoms with E-state index in [2.05, 4.69) is 4.90 Å². The van der Waals surface area contributed by atoms with Gasteiger partial charge in [-0.05, 0) is 42.0 Å². The monoisotopic (exact) mass is 316 g/mol. The van der Waals surface area contributed by atoms with Gasteiger partial charge in [-0.3, -0.25) is 9.69 Å². The van der Waals surface area contributed by atoms with Crippen LogP contribution in [0, 0.1) is 11.6 Å². The smallest absolute Gasteiger partial charge is 0.253 e. The highest BCUT2D eigenvalue weighted by Gasteiger charge is 2.22. The molecular formula is C18H18F2N2O. The Bertz CT molecular complexity index is 662. The van der Waals surface area contributed by atoms with Crippen LogP contribution in [0.3, 0.4) is 0 Å². The van der Waals surface area contributed by atoms with Crippen molar-refractivity contribution in [1.29, 1.82) is 0 Å². The van der Waals surface area contributed by atoms with Gasteiger partial charge in [0.2, 0.25) is 0 Å². The zero-order valence-electron chi connectivity index (χ0n) is 12.7. The molecule has 1 amide bonds. The first-order valence-corrected chi connectivity index (χ1v) is 7.63. The Morgan fingerprint density at radius 2 is 1.35 bits per heavy atom. The van der Waals surface area contributed by atoms with Gasteiger partial charge >= 0.3 is 0 Å². The molecule has 0 radical (unpaired) electrons. The van der Waals surface area contributed by atoms with Crippen molar-refractivity contribution in [3.63, 3.8) is 0 Å². The quantitative estimate of drug-likeness (QED) is 0.869. The maximum Gasteiger partial charge on any atom is 0.253 e. The lowest BCUT2D eigenvalue weighted by molar-refractivity contribution is 0.0628. The number of amides is 1. The molecule has 5 heteroatoms. The van der Waals surface area contributed by atoms with Crippen LogP contribution in [0.25, 0.3) is 0 Å². The second-order valence-electron chi connectivity index (χ2n) is 5.70. The number of carbonyl (C=O) groups excluding carboxylic acids is 1. The van der Waals surface area contributed by atoms with E-state index in [4.69, 9.17) is 0 Å². The Balaban J connectivity index is 1.54. The summed E-state index contributed by atoms with van der Waals surface area (Å²) in [7, 11) is 0. The average Bonchev–Trinajstić information content (AvgIpc) is 2.58. The molecule has 1 heterocycles.